The van der Waals surface area contributed by atoms with Crippen molar-refractivity contribution in [3.8, 4) is 11.3 Å². The van der Waals surface area contributed by atoms with Gasteiger partial charge in [0, 0.05) is 59.8 Å². The molecule has 5 nitrogen and oxygen atoms in total. The zero-order valence-corrected chi connectivity index (χ0v) is 20.0. The van der Waals surface area contributed by atoms with Crippen molar-refractivity contribution in [3.05, 3.63) is 76.2 Å². The Balaban J connectivity index is 1.38. The highest BCUT2D eigenvalue weighted by molar-refractivity contribution is 6.30. The van der Waals surface area contributed by atoms with Gasteiger partial charge in [-0.1, -0.05) is 29.8 Å². The number of fused-ring (bicyclic) bond motifs is 2. The summed E-state index contributed by atoms with van der Waals surface area (Å²) in [6, 6.07) is 14.7. The molecule has 2 aromatic heterocycles. The van der Waals surface area contributed by atoms with Gasteiger partial charge in [0.15, 0.2) is 5.65 Å². The maximum atomic E-state index is 13.9. The van der Waals surface area contributed by atoms with E-state index in [4.69, 9.17) is 21.7 Å². The topological polar surface area (TPSA) is 36.7 Å². The van der Waals surface area contributed by atoms with Crippen molar-refractivity contribution in [2.45, 2.75) is 32.6 Å². The van der Waals surface area contributed by atoms with Gasteiger partial charge in [0.25, 0.3) is 0 Å². The number of aromatic nitrogens is 3. The van der Waals surface area contributed by atoms with Gasteiger partial charge < -0.3 is 9.80 Å². The van der Waals surface area contributed by atoms with Crippen LogP contribution in [0.1, 0.15) is 29.7 Å². The summed E-state index contributed by atoms with van der Waals surface area (Å²) in [4.78, 5) is 9.86. The first kappa shape index (κ1) is 21.4. The lowest BCUT2D eigenvalue weighted by atomic mass is 9.96. The van der Waals surface area contributed by atoms with Gasteiger partial charge >= 0.3 is 0 Å². The summed E-state index contributed by atoms with van der Waals surface area (Å²) in [6.07, 6.45) is 4.37. The number of hydrogen-bond acceptors (Lipinski definition) is 4. The average molecular weight is 476 g/mol. The monoisotopic (exact) mass is 475 g/mol. The molecular formula is C27H27ClFN5. The zero-order chi connectivity index (χ0) is 23.2. The summed E-state index contributed by atoms with van der Waals surface area (Å²) < 4.78 is 15.9. The molecule has 3 heterocycles. The standard InChI is InChI=1S/C27H27ClFN5/c1-18-9-10-20(28)16-25(18)32-11-13-33(14-12-32)27-22-7-2-3-8-23(22)30-26-17-24(31-34(26)27)19-5-4-6-21(29)15-19/h4-6,9-10,15-17H,2-3,7-8,11-14H2,1H3. The van der Waals surface area contributed by atoms with Crippen LogP contribution in [0.4, 0.5) is 15.9 Å². The van der Waals surface area contributed by atoms with Gasteiger partial charge in [-0.25, -0.2) is 9.37 Å². The minimum atomic E-state index is -0.255. The molecule has 34 heavy (non-hydrogen) atoms. The predicted molar refractivity (Wildman–Crippen MR) is 136 cm³/mol. The third-order valence-electron chi connectivity index (χ3n) is 7.06. The molecule has 0 atom stereocenters. The average Bonchev–Trinajstić information content (AvgIpc) is 3.28. The second kappa shape index (κ2) is 8.58. The van der Waals surface area contributed by atoms with E-state index in [1.807, 2.05) is 22.7 Å². The number of halogens is 2. The van der Waals surface area contributed by atoms with Crippen LogP contribution >= 0.6 is 11.6 Å². The van der Waals surface area contributed by atoms with Gasteiger partial charge in [0.05, 0.1) is 5.69 Å². The van der Waals surface area contributed by atoms with E-state index in [9.17, 15) is 4.39 Å². The molecule has 1 aliphatic heterocycles. The van der Waals surface area contributed by atoms with Crippen LogP contribution < -0.4 is 9.80 Å². The van der Waals surface area contributed by atoms with Crippen molar-refractivity contribution >= 4 is 28.8 Å². The molecule has 0 amide bonds. The molecule has 6 rings (SSSR count). The first-order chi connectivity index (χ1) is 16.6. The molecule has 0 unspecified atom stereocenters. The van der Waals surface area contributed by atoms with Crippen molar-refractivity contribution in [2.75, 3.05) is 36.0 Å². The molecule has 7 heteroatoms. The number of piperazine rings is 1. The van der Waals surface area contributed by atoms with E-state index in [1.165, 1.54) is 47.5 Å². The highest BCUT2D eigenvalue weighted by Crippen LogP contribution is 2.33. The Hall–Kier alpha value is -3.12. The van der Waals surface area contributed by atoms with Crippen molar-refractivity contribution in [1.82, 2.24) is 14.6 Å². The molecule has 1 fully saturated rings. The highest BCUT2D eigenvalue weighted by atomic mass is 35.5. The van der Waals surface area contributed by atoms with Gasteiger partial charge in [-0.3, -0.25) is 0 Å². The Kier molecular flexibility index (Phi) is 5.41. The number of nitrogens with zero attached hydrogens (tertiary/aromatic N) is 5. The zero-order valence-electron chi connectivity index (χ0n) is 19.3. The fourth-order valence-electron chi connectivity index (χ4n) is 5.32. The summed E-state index contributed by atoms with van der Waals surface area (Å²) >= 11 is 6.29. The fourth-order valence-corrected chi connectivity index (χ4v) is 5.49. The highest BCUT2D eigenvalue weighted by Gasteiger charge is 2.27. The smallest absolute Gasteiger partial charge is 0.158 e. The molecule has 174 valence electrons. The Labute approximate surface area is 203 Å². The Morgan fingerprint density at radius 1 is 0.912 bits per heavy atom. The van der Waals surface area contributed by atoms with Crippen LogP contribution in [0.2, 0.25) is 5.02 Å². The quantitative estimate of drug-likeness (QED) is 0.380. The maximum absolute atomic E-state index is 13.9. The molecule has 2 aliphatic rings. The van der Waals surface area contributed by atoms with Gasteiger partial charge in [-0.05, 0) is 62.4 Å². The summed E-state index contributed by atoms with van der Waals surface area (Å²) in [5.41, 5.74) is 7.32. The predicted octanol–water partition coefficient (Wildman–Crippen LogP) is 5.70. The van der Waals surface area contributed by atoms with Crippen LogP contribution in [-0.2, 0) is 12.8 Å². The molecule has 2 aromatic carbocycles. The van der Waals surface area contributed by atoms with Gasteiger partial charge in [0.2, 0.25) is 0 Å². The summed E-state index contributed by atoms with van der Waals surface area (Å²) in [5, 5.41) is 5.70. The van der Waals surface area contributed by atoms with Crippen LogP contribution in [-0.4, -0.2) is 40.8 Å². The molecule has 0 saturated carbocycles. The van der Waals surface area contributed by atoms with E-state index in [-0.39, 0.29) is 5.82 Å². The van der Waals surface area contributed by atoms with Crippen molar-refractivity contribution in [3.63, 3.8) is 0 Å². The minimum absolute atomic E-state index is 0.255. The lowest BCUT2D eigenvalue weighted by molar-refractivity contribution is 0.614. The molecule has 0 bridgehead atoms. The van der Waals surface area contributed by atoms with Gasteiger partial charge in [-0.15, -0.1) is 0 Å². The minimum Gasteiger partial charge on any atom is -0.368 e. The van der Waals surface area contributed by atoms with Crippen LogP contribution in [0.3, 0.4) is 0 Å². The molecule has 4 aromatic rings. The number of rotatable bonds is 3. The Morgan fingerprint density at radius 3 is 2.53 bits per heavy atom. The summed E-state index contributed by atoms with van der Waals surface area (Å²) in [6.45, 7) is 5.76. The van der Waals surface area contributed by atoms with E-state index in [2.05, 4.69) is 28.9 Å². The van der Waals surface area contributed by atoms with E-state index in [0.29, 0.717) is 0 Å². The second-order valence-electron chi connectivity index (χ2n) is 9.28. The van der Waals surface area contributed by atoms with E-state index >= 15 is 0 Å². The number of hydrogen-bond donors (Lipinski definition) is 0. The normalized spacial score (nSPS) is 16.2. The molecule has 0 N–H and O–H groups in total. The van der Waals surface area contributed by atoms with Crippen molar-refractivity contribution < 1.29 is 4.39 Å². The maximum Gasteiger partial charge on any atom is 0.158 e. The van der Waals surface area contributed by atoms with Crippen LogP contribution in [0.15, 0.2) is 48.5 Å². The number of anilines is 2. The van der Waals surface area contributed by atoms with E-state index in [1.54, 1.807) is 6.07 Å². The van der Waals surface area contributed by atoms with Gasteiger partial charge in [-0.2, -0.15) is 9.61 Å². The first-order valence-corrected chi connectivity index (χ1v) is 12.4. The SMILES string of the molecule is Cc1ccc(Cl)cc1N1CCN(c2c3c(nc4cc(-c5cccc(F)c5)nn24)CCCC3)CC1. The van der Waals surface area contributed by atoms with Crippen LogP contribution in [0.5, 0.6) is 0 Å². The first-order valence-electron chi connectivity index (χ1n) is 12.0. The largest absolute Gasteiger partial charge is 0.368 e. The van der Waals surface area contributed by atoms with Crippen molar-refractivity contribution in [1.29, 1.82) is 0 Å². The molecule has 0 radical (unpaired) electrons. The fraction of sp³-hybridized carbons (Fsp3) is 0.333. The van der Waals surface area contributed by atoms with Crippen LogP contribution in [0, 0.1) is 12.7 Å². The molecule has 1 aliphatic carbocycles. The number of benzene rings is 2. The third kappa shape index (κ3) is 3.80. The Morgan fingerprint density at radius 2 is 1.71 bits per heavy atom. The second-order valence-corrected chi connectivity index (χ2v) is 9.72. The lowest BCUT2D eigenvalue weighted by Crippen LogP contribution is -2.48. The Bertz CT molecular complexity index is 1370. The van der Waals surface area contributed by atoms with E-state index < -0.39 is 0 Å². The molecule has 0 spiro atoms. The third-order valence-corrected chi connectivity index (χ3v) is 7.30. The van der Waals surface area contributed by atoms with Crippen LogP contribution in [0.25, 0.3) is 16.9 Å². The number of aryl methyl sites for hydroxylation is 2. The summed E-state index contributed by atoms with van der Waals surface area (Å²) in [7, 11) is 0. The summed E-state index contributed by atoms with van der Waals surface area (Å²) in [5.74, 6) is 0.902. The van der Waals surface area contributed by atoms with Gasteiger partial charge in [0.1, 0.15) is 11.6 Å². The lowest BCUT2D eigenvalue weighted by Gasteiger charge is -2.39. The van der Waals surface area contributed by atoms with E-state index in [0.717, 1.165) is 66.8 Å². The van der Waals surface area contributed by atoms with Crippen molar-refractivity contribution in [2.24, 2.45) is 0 Å². The molecular weight excluding hydrogens is 449 g/mol. The molecule has 1 saturated heterocycles.